The first kappa shape index (κ1) is 11.6. The van der Waals surface area contributed by atoms with Crippen LogP contribution in [0.3, 0.4) is 0 Å². The highest BCUT2D eigenvalue weighted by Gasteiger charge is 2.10. The Kier molecular flexibility index (Phi) is 3.28. The van der Waals surface area contributed by atoms with Gasteiger partial charge in [0, 0.05) is 17.6 Å². The van der Waals surface area contributed by atoms with Crippen molar-refractivity contribution in [3.8, 4) is 0 Å². The van der Waals surface area contributed by atoms with E-state index in [4.69, 9.17) is 17.3 Å². The van der Waals surface area contributed by atoms with Gasteiger partial charge in [-0.3, -0.25) is 9.36 Å². The average Bonchev–Trinajstić information content (AvgIpc) is 2.24. The molecule has 0 bridgehead atoms. The Balaban J connectivity index is 2.86. The Labute approximate surface area is 105 Å². The van der Waals surface area contributed by atoms with Crippen molar-refractivity contribution in [2.24, 2.45) is 5.73 Å². The van der Waals surface area contributed by atoms with E-state index in [-0.39, 0.29) is 10.8 Å². The summed E-state index contributed by atoms with van der Waals surface area (Å²) in [6.07, 6.45) is 0. The number of nitrogens with two attached hydrogens (primary N) is 1. The van der Waals surface area contributed by atoms with Crippen LogP contribution in [0, 0.1) is 0 Å². The monoisotopic (exact) mass is 301 g/mol. The second kappa shape index (κ2) is 4.53. The molecule has 2 rings (SSSR count). The lowest BCUT2D eigenvalue weighted by molar-refractivity contribution is 0.674. The van der Waals surface area contributed by atoms with Crippen LogP contribution in [0.25, 0.3) is 10.9 Å². The fourth-order valence-electron chi connectivity index (χ4n) is 1.52. The molecule has 0 amide bonds. The summed E-state index contributed by atoms with van der Waals surface area (Å²) < 4.78 is 2.08. The minimum atomic E-state index is -0.173. The second-order valence-corrected chi connectivity index (χ2v) is 4.45. The molecule has 84 valence electrons. The van der Waals surface area contributed by atoms with E-state index in [0.717, 1.165) is 0 Å². The fourth-order valence-corrected chi connectivity index (χ4v) is 2.30. The zero-order valence-corrected chi connectivity index (χ0v) is 10.6. The first-order valence-electron chi connectivity index (χ1n) is 4.70. The first-order chi connectivity index (χ1) is 7.65. The molecule has 1 aromatic carbocycles. The van der Waals surface area contributed by atoms with Crippen LogP contribution < -0.4 is 11.3 Å². The van der Waals surface area contributed by atoms with Gasteiger partial charge in [0.2, 0.25) is 5.28 Å². The van der Waals surface area contributed by atoms with E-state index in [1.165, 1.54) is 4.57 Å². The van der Waals surface area contributed by atoms with Gasteiger partial charge in [-0.1, -0.05) is 6.07 Å². The maximum Gasteiger partial charge on any atom is 0.263 e. The maximum absolute atomic E-state index is 12.1. The van der Waals surface area contributed by atoms with E-state index in [1.54, 1.807) is 12.1 Å². The number of hydrogen-bond donors (Lipinski definition) is 1. The number of rotatable bonds is 2. The molecule has 1 aromatic heterocycles. The Morgan fingerprint density at radius 2 is 2.25 bits per heavy atom. The summed E-state index contributed by atoms with van der Waals surface area (Å²) in [5, 5.41) is 0.696. The van der Waals surface area contributed by atoms with E-state index >= 15 is 0 Å². The van der Waals surface area contributed by atoms with Crippen molar-refractivity contribution >= 4 is 38.4 Å². The summed E-state index contributed by atoms with van der Waals surface area (Å²) in [5.74, 6) is 0. The van der Waals surface area contributed by atoms with Crippen molar-refractivity contribution in [2.45, 2.75) is 6.54 Å². The molecule has 0 saturated heterocycles. The van der Waals surface area contributed by atoms with Gasteiger partial charge in [-0.15, -0.1) is 0 Å². The van der Waals surface area contributed by atoms with Gasteiger partial charge in [-0.2, -0.15) is 0 Å². The largest absolute Gasteiger partial charge is 0.329 e. The molecule has 2 aromatic rings. The van der Waals surface area contributed by atoms with Gasteiger partial charge in [0.15, 0.2) is 0 Å². The lowest BCUT2D eigenvalue weighted by atomic mass is 10.2. The molecule has 0 spiro atoms. The summed E-state index contributed by atoms with van der Waals surface area (Å²) >= 11 is 9.25. The summed E-state index contributed by atoms with van der Waals surface area (Å²) in [4.78, 5) is 16.3. The topological polar surface area (TPSA) is 60.9 Å². The third kappa shape index (κ3) is 1.86. The van der Waals surface area contributed by atoms with Gasteiger partial charge in [0.25, 0.3) is 5.56 Å². The number of nitrogens with zero attached hydrogens (tertiary/aromatic N) is 2. The van der Waals surface area contributed by atoms with Crippen molar-refractivity contribution in [1.82, 2.24) is 9.55 Å². The predicted molar refractivity (Wildman–Crippen MR) is 67.8 cm³/mol. The standard InChI is InChI=1S/C10H9BrClN3O/c11-6-2-1-3-7-8(6)9(16)15(5-4-13)10(12)14-7/h1-3H,4-5,13H2. The molecule has 0 aliphatic heterocycles. The molecular weight excluding hydrogens is 293 g/mol. The summed E-state index contributed by atoms with van der Waals surface area (Å²) in [7, 11) is 0. The van der Waals surface area contributed by atoms with Gasteiger partial charge in [-0.05, 0) is 39.7 Å². The molecule has 0 fully saturated rings. The van der Waals surface area contributed by atoms with Gasteiger partial charge in [-0.25, -0.2) is 4.98 Å². The number of fused-ring (bicyclic) bond motifs is 1. The predicted octanol–water partition coefficient (Wildman–Crippen LogP) is 1.77. The molecule has 0 aliphatic rings. The number of benzene rings is 1. The van der Waals surface area contributed by atoms with Crippen molar-refractivity contribution in [3.05, 3.63) is 38.3 Å². The maximum atomic E-state index is 12.1. The van der Waals surface area contributed by atoms with E-state index < -0.39 is 0 Å². The van der Waals surface area contributed by atoms with Crippen LogP contribution in [0.1, 0.15) is 0 Å². The van der Waals surface area contributed by atoms with E-state index in [2.05, 4.69) is 20.9 Å². The fraction of sp³-hybridized carbons (Fsp3) is 0.200. The van der Waals surface area contributed by atoms with Crippen LogP contribution in [-0.4, -0.2) is 16.1 Å². The minimum Gasteiger partial charge on any atom is -0.329 e. The molecular formula is C10H9BrClN3O. The normalized spacial score (nSPS) is 10.9. The highest BCUT2D eigenvalue weighted by Crippen LogP contribution is 2.20. The van der Waals surface area contributed by atoms with E-state index in [0.29, 0.717) is 28.5 Å². The SMILES string of the molecule is NCCn1c(Cl)nc2cccc(Br)c2c1=O. The van der Waals surface area contributed by atoms with Gasteiger partial charge in [0.1, 0.15) is 0 Å². The quantitative estimate of drug-likeness (QED) is 0.860. The van der Waals surface area contributed by atoms with Crippen molar-refractivity contribution in [3.63, 3.8) is 0 Å². The lowest BCUT2D eigenvalue weighted by Gasteiger charge is -2.08. The zero-order chi connectivity index (χ0) is 11.7. The van der Waals surface area contributed by atoms with Crippen LogP contribution in [0.2, 0.25) is 5.28 Å². The highest BCUT2D eigenvalue weighted by atomic mass is 79.9. The minimum absolute atomic E-state index is 0.168. The van der Waals surface area contributed by atoms with Gasteiger partial charge < -0.3 is 5.73 Å². The molecule has 4 nitrogen and oxygen atoms in total. The number of halogens is 2. The number of hydrogen-bond acceptors (Lipinski definition) is 3. The van der Waals surface area contributed by atoms with Gasteiger partial charge >= 0.3 is 0 Å². The molecule has 1 heterocycles. The molecule has 0 saturated carbocycles. The Morgan fingerprint density at radius 3 is 2.94 bits per heavy atom. The van der Waals surface area contributed by atoms with Crippen molar-refractivity contribution in [2.75, 3.05) is 6.54 Å². The van der Waals surface area contributed by atoms with Crippen molar-refractivity contribution < 1.29 is 0 Å². The number of aromatic nitrogens is 2. The average molecular weight is 303 g/mol. The zero-order valence-electron chi connectivity index (χ0n) is 8.28. The molecule has 0 atom stereocenters. The van der Waals surface area contributed by atoms with Crippen molar-refractivity contribution in [1.29, 1.82) is 0 Å². The van der Waals surface area contributed by atoms with E-state index in [1.807, 2.05) is 6.07 Å². The Bertz CT molecular complexity index is 596. The summed E-state index contributed by atoms with van der Waals surface area (Å²) in [6, 6.07) is 5.36. The Morgan fingerprint density at radius 1 is 1.50 bits per heavy atom. The first-order valence-corrected chi connectivity index (χ1v) is 5.87. The highest BCUT2D eigenvalue weighted by molar-refractivity contribution is 9.10. The van der Waals surface area contributed by atoms with Crippen LogP contribution >= 0.6 is 27.5 Å². The third-order valence-electron chi connectivity index (χ3n) is 2.24. The smallest absolute Gasteiger partial charge is 0.263 e. The van der Waals surface area contributed by atoms with Crippen LogP contribution in [0.5, 0.6) is 0 Å². The molecule has 0 unspecified atom stereocenters. The van der Waals surface area contributed by atoms with Crippen LogP contribution in [0.4, 0.5) is 0 Å². The van der Waals surface area contributed by atoms with E-state index in [9.17, 15) is 4.79 Å². The third-order valence-corrected chi connectivity index (χ3v) is 3.19. The molecule has 2 N–H and O–H groups in total. The van der Waals surface area contributed by atoms with Crippen LogP contribution in [-0.2, 0) is 6.54 Å². The second-order valence-electron chi connectivity index (χ2n) is 3.26. The van der Waals surface area contributed by atoms with Gasteiger partial charge in [0.05, 0.1) is 10.9 Å². The molecule has 0 radical (unpaired) electrons. The summed E-state index contributed by atoms with van der Waals surface area (Å²) in [5.41, 5.74) is 5.83. The summed E-state index contributed by atoms with van der Waals surface area (Å²) in [6.45, 7) is 0.708. The van der Waals surface area contributed by atoms with Crippen LogP contribution in [0.15, 0.2) is 27.5 Å². The molecule has 16 heavy (non-hydrogen) atoms. The Hall–Kier alpha value is -0.910. The molecule has 6 heteroatoms. The lowest BCUT2D eigenvalue weighted by Crippen LogP contribution is -2.25. The molecule has 0 aliphatic carbocycles.